The summed E-state index contributed by atoms with van der Waals surface area (Å²) in [7, 11) is 0. The van der Waals surface area contributed by atoms with E-state index in [-0.39, 0.29) is 0 Å². The fraction of sp³-hybridized carbons (Fsp3) is 0.550. The zero-order chi connectivity index (χ0) is 17.1. The summed E-state index contributed by atoms with van der Waals surface area (Å²) in [5, 5.41) is 0. The zero-order valence-corrected chi connectivity index (χ0v) is 14.9. The molecule has 132 valence electrons. The molecule has 0 aromatic carbocycles. The molecule has 1 aliphatic heterocycles. The molecule has 3 heterocycles. The molecule has 5 nitrogen and oxygen atoms in total. The third-order valence-corrected chi connectivity index (χ3v) is 5.27. The number of aromatic nitrogens is 3. The van der Waals surface area contributed by atoms with Gasteiger partial charge in [0.25, 0.3) is 0 Å². The average molecular weight is 338 g/mol. The first kappa shape index (κ1) is 16.3. The van der Waals surface area contributed by atoms with Gasteiger partial charge in [-0.15, -0.1) is 0 Å². The van der Waals surface area contributed by atoms with Gasteiger partial charge in [-0.25, -0.2) is 9.97 Å². The molecule has 0 spiro atoms. The smallest absolute Gasteiger partial charge is 0.135 e. The summed E-state index contributed by atoms with van der Waals surface area (Å²) >= 11 is 0. The van der Waals surface area contributed by atoms with E-state index in [4.69, 9.17) is 4.74 Å². The van der Waals surface area contributed by atoms with Gasteiger partial charge >= 0.3 is 0 Å². The third-order valence-electron chi connectivity index (χ3n) is 5.27. The Labute approximate surface area is 149 Å². The van der Waals surface area contributed by atoms with Crippen LogP contribution in [0.4, 0.5) is 5.82 Å². The second kappa shape index (κ2) is 7.38. The van der Waals surface area contributed by atoms with Gasteiger partial charge in [0.2, 0.25) is 0 Å². The number of rotatable bonds is 4. The average Bonchev–Trinajstić information content (AvgIpc) is 2.66. The quantitative estimate of drug-likeness (QED) is 0.856. The molecule has 1 unspecified atom stereocenters. The van der Waals surface area contributed by atoms with Crippen LogP contribution >= 0.6 is 0 Å². The highest BCUT2D eigenvalue weighted by atomic mass is 16.5. The third kappa shape index (κ3) is 3.75. The standard InChI is InChI=1S/C20H26N4O/c1-15-11-17(8-9-21-15)25-13-16-5-4-10-24(12-16)20-18-6-2-3-7-19(18)22-14-23-20/h8-9,11,14,16H,2-7,10,12-13H2,1H3. The molecule has 1 aliphatic carbocycles. The van der Waals surface area contributed by atoms with E-state index in [2.05, 4.69) is 19.9 Å². The maximum Gasteiger partial charge on any atom is 0.135 e. The molecule has 2 aromatic heterocycles. The maximum atomic E-state index is 6.02. The highest BCUT2D eigenvalue weighted by Gasteiger charge is 2.25. The number of piperidine rings is 1. The molecule has 25 heavy (non-hydrogen) atoms. The SMILES string of the molecule is Cc1cc(OCC2CCCN(c3ncnc4c3CCCC4)C2)ccn1. The Bertz CT molecular complexity index is 733. The van der Waals surface area contributed by atoms with E-state index in [1.807, 2.05) is 25.3 Å². The normalized spacial score (nSPS) is 20.2. The van der Waals surface area contributed by atoms with Gasteiger partial charge in [0.1, 0.15) is 17.9 Å². The van der Waals surface area contributed by atoms with Gasteiger partial charge in [-0.05, 0) is 51.5 Å². The van der Waals surface area contributed by atoms with E-state index in [0.29, 0.717) is 5.92 Å². The number of anilines is 1. The van der Waals surface area contributed by atoms with Crippen LogP contribution in [-0.4, -0.2) is 34.6 Å². The molecular weight excluding hydrogens is 312 g/mol. The van der Waals surface area contributed by atoms with Crippen molar-refractivity contribution in [1.29, 1.82) is 0 Å². The molecule has 1 fully saturated rings. The van der Waals surface area contributed by atoms with Crippen LogP contribution in [0.3, 0.4) is 0 Å². The topological polar surface area (TPSA) is 51.1 Å². The largest absolute Gasteiger partial charge is 0.493 e. The Kier molecular flexibility index (Phi) is 4.81. The molecule has 2 aliphatic rings. The van der Waals surface area contributed by atoms with Gasteiger partial charge in [0.05, 0.1) is 6.61 Å². The predicted octanol–water partition coefficient (Wildman–Crippen LogP) is 3.35. The molecular formula is C20H26N4O. The lowest BCUT2D eigenvalue weighted by Gasteiger charge is -2.35. The zero-order valence-electron chi connectivity index (χ0n) is 14.9. The van der Waals surface area contributed by atoms with Crippen molar-refractivity contribution >= 4 is 5.82 Å². The summed E-state index contributed by atoms with van der Waals surface area (Å²) in [6.07, 6.45) is 10.7. The molecule has 5 heteroatoms. The highest BCUT2D eigenvalue weighted by molar-refractivity contribution is 5.50. The summed E-state index contributed by atoms with van der Waals surface area (Å²) in [5.74, 6) is 2.63. The molecule has 0 radical (unpaired) electrons. The van der Waals surface area contributed by atoms with E-state index >= 15 is 0 Å². The van der Waals surface area contributed by atoms with Crippen LogP contribution in [0, 0.1) is 12.8 Å². The Hall–Kier alpha value is -2.17. The Morgan fingerprint density at radius 3 is 3.00 bits per heavy atom. The summed E-state index contributed by atoms with van der Waals surface area (Å²) in [4.78, 5) is 15.8. The number of hydrogen-bond acceptors (Lipinski definition) is 5. The van der Waals surface area contributed by atoms with E-state index in [1.165, 1.54) is 42.8 Å². The van der Waals surface area contributed by atoms with Crippen LogP contribution in [0.15, 0.2) is 24.7 Å². The molecule has 0 bridgehead atoms. The van der Waals surface area contributed by atoms with Gasteiger partial charge in [0.15, 0.2) is 0 Å². The maximum absolute atomic E-state index is 6.02. The Balaban J connectivity index is 1.43. The van der Waals surface area contributed by atoms with Crippen molar-refractivity contribution in [3.05, 3.63) is 41.6 Å². The first-order valence-electron chi connectivity index (χ1n) is 9.43. The molecule has 1 atom stereocenters. The summed E-state index contributed by atoms with van der Waals surface area (Å²) in [6.45, 7) is 4.86. The van der Waals surface area contributed by atoms with Gasteiger partial charge in [0, 0.05) is 48.2 Å². The highest BCUT2D eigenvalue weighted by Crippen LogP contribution is 2.30. The van der Waals surface area contributed by atoms with Crippen LogP contribution in [0.5, 0.6) is 5.75 Å². The number of fused-ring (bicyclic) bond motifs is 1. The number of hydrogen-bond donors (Lipinski definition) is 0. The van der Waals surface area contributed by atoms with Crippen molar-refractivity contribution in [3.8, 4) is 5.75 Å². The lowest BCUT2D eigenvalue weighted by Crippen LogP contribution is -2.39. The minimum Gasteiger partial charge on any atom is -0.493 e. The monoisotopic (exact) mass is 338 g/mol. The van der Waals surface area contributed by atoms with Crippen molar-refractivity contribution in [2.45, 2.75) is 45.4 Å². The minimum atomic E-state index is 0.538. The summed E-state index contributed by atoms with van der Waals surface area (Å²) in [5.41, 5.74) is 3.65. The first-order chi connectivity index (χ1) is 12.3. The van der Waals surface area contributed by atoms with Crippen LogP contribution < -0.4 is 9.64 Å². The van der Waals surface area contributed by atoms with Crippen molar-refractivity contribution in [3.63, 3.8) is 0 Å². The van der Waals surface area contributed by atoms with Crippen LogP contribution in [0.25, 0.3) is 0 Å². The summed E-state index contributed by atoms with van der Waals surface area (Å²) < 4.78 is 6.02. The summed E-state index contributed by atoms with van der Waals surface area (Å²) in [6, 6.07) is 3.94. The second-order valence-corrected chi connectivity index (χ2v) is 7.23. The van der Waals surface area contributed by atoms with Gasteiger partial charge < -0.3 is 9.64 Å². The van der Waals surface area contributed by atoms with E-state index in [0.717, 1.165) is 44.0 Å². The number of ether oxygens (including phenoxy) is 1. The molecule has 1 saturated heterocycles. The first-order valence-corrected chi connectivity index (χ1v) is 9.43. The predicted molar refractivity (Wildman–Crippen MR) is 98.1 cm³/mol. The number of nitrogens with zero attached hydrogens (tertiary/aromatic N) is 4. The van der Waals surface area contributed by atoms with Crippen molar-refractivity contribution in [2.24, 2.45) is 5.92 Å². The van der Waals surface area contributed by atoms with Crippen LogP contribution in [0.2, 0.25) is 0 Å². The van der Waals surface area contributed by atoms with Crippen molar-refractivity contribution < 1.29 is 4.74 Å². The molecule has 0 saturated carbocycles. The van der Waals surface area contributed by atoms with E-state index < -0.39 is 0 Å². The fourth-order valence-electron chi connectivity index (χ4n) is 3.99. The van der Waals surface area contributed by atoms with Crippen LogP contribution in [0.1, 0.15) is 42.6 Å². The Morgan fingerprint density at radius 1 is 1.16 bits per heavy atom. The number of pyridine rings is 1. The van der Waals surface area contributed by atoms with E-state index in [9.17, 15) is 0 Å². The minimum absolute atomic E-state index is 0.538. The second-order valence-electron chi connectivity index (χ2n) is 7.23. The molecule has 0 N–H and O–H groups in total. The Morgan fingerprint density at radius 2 is 2.08 bits per heavy atom. The van der Waals surface area contributed by atoms with Crippen molar-refractivity contribution in [2.75, 3.05) is 24.6 Å². The lowest BCUT2D eigenvalue weighted by atomic mass is 9.94. The molecule has 2 aromatic rings. The lowest BCUT2D eigenvalue weighted by molar-refractivity contribution is 0.228. The molecule has 4 rings (SSSR count). The van der Waals surface area contributed by atoms with Gasteiger partial charge in [-0.3, -0.25) is 4.98 Å². The molecule has 0 amide bonds. The van der Waals surface area contributed by atoms with Crippen molar-refractivity contribution in [1.82, 2.24) is 15.0 Å². The fourth-order valence-corrected chi connectivity index (χ4v) is 3.99. The van der Waals surface area contributed by atoms with E-state index in [1.54, 1.807) is 6.33 Å². The van der Waals surface area contributed by atoms with Gasteiger partial charge in [-0.2, -0.15) is 0 Å². The van der Waals surface area contributed by atoms with Gasteiger partial charge in [-0.1, -0.05) is 0 Å². The van der Waals surface area contributed by atoms with Crippen LogP contribution in [-0.2, 0) is 12.8 Å². The number of aryl methyl sites for hydroxylation is 2.